The van der Waals surface area contributed by atoms with Crippen molar-refractivity contribution in [1.82, 2.24) is 9.55 Å². The van der Waals surface area contributed by atoms with E-state index in [4.69, 9.17) is 12.2 Å². The molecule has 1 aromatic heterocycles. The summed E-state index contributed by atoms with van der Waals surface area (Å²) in [6, 6.07) is 20.6. The van der Waals surface area contributed by atoms with Crippen LogP contribution in [0.5, 0.6) is 0 Å². The topological polar surface area (TPSA) is 20.7 Å². The van der Waals surface area contributed by atoms with Gasteiger partial charge < -0.3 is 9.55 Å². The summed E-state index contributed by atoms with van der Waals surface area (Å²) >= 11 is 5.38. The predicted molar refractivity (Wildman–Crippen MR) is 80.6 cm³/mol. The van der Waals surface area contributed by atoms with Crippen molar-refractivity contribution in [3.63, 3.8) is 0 Å². The van der Waals surface area contributed by atoms with E-state index in [9.17, 15) is 0 Å². The van der Waals surface area contributed by atoms with Gasteiger partial charge in [0.05, 0.1) is 5.69 Å². The van der Waals surface area contributed by atoms with Crippen LogP contribution in [-0.2, 0) is 6.54 Å². The van der Waals surface area contributed by atoms with Gasteiger partial charge in [-0.1, -0.05) is 60.7 Å². The molecule has 0 bridgehead atoms. The molecule has 3 heteroatoms. The number of H-pyrrole nitrogens is 1. The maximum Gasteiger partial charge on any atom is 0.177 e. The van der Waals surface area contributed by atoms with Gasteiger partial charge in [-0.2, -0.15) is 0 Å². The fourth-order valence-corrected chi connectivity index (χ4v) is 2.32. The smallest absolute Gasteiger partial charge is 0.177 e. The van der Waals surface area contributed by atoms with Gasteiger partial charge in [0, 0.05) is 12.7 Å². The van der Waals surface area contributed by atoms with Gasteiger partial charge in [-0.3, -0.25) is 0 Å². The summed E-state index contributed by atoms with van der Waals surface area (Å²) in [5, 5.41) is 0. The fraction of sp³-hybridized carbons (Fsp3) is 0.0625. The summed E-state index contributed by atoms with van der Waals surface area (Å²) in [4.78, 5) is 3.26. The van der Waals surface area contributed by atoms with Crippen molar-refractivity contribution in [3.8, 4) is 11.3 Å². The Kier molecular flexibility index (Phi) is 3.29. The summed E-state index contributed by atoms with van der Waals surface area (Å²) in [6.45, 7) is 0.795. The Bertz CT molecular complexity index is 711. The average molecular weight is 266 g/mol. The first-order valence-electron chi connectivity index (χ1n) is 6.22. The van der Waals surface area contributed by atoms with Crippen molar-refractivity contribution in [2.75, 3.05) is 0 Å². The van der Waals surface area contributed by atoms with Crippen molar-refractivity contribution in [2.45, 2.75) is 6.54 Å². The van der Waals surface area contributed by atoms with Crippen LogP contribution in [-0.4, -0.2) is 9.55 Å². The van der Waals surface area contributed by atoms with Gasteiger partial charge in [0.15, 0.2) is 4.77 Å². The number of imidazole rings is 1. The highest BCUT2D eigenvalue weighted by Crippen LogP contribution is 2.17. The Balaban J connectivity index is 1.93. The highest BCUT2D eigenvalue weighted by Gasteiger charge is 2.03. The van der Waals surface area contributed by atoms with Gasteiger partial charge in [-0.25, -0.2) is 0 Å². The monoisotopic (exact) mass is 266 g/mol. The first kappa shape index (κ1) is 11.9. The highest BCUT2D eigenvalue weighted by atomic mass is 32.1. The Labute approximate surface area is 117 Å². The molecule has 0 saturated carbocycles. The fourth-order valence-electron chi connectivity index (χ4n) is 2.10. The van der Waals surface area contributed by atoms with Crippen LogP contribution in [0.4, 0.5) is 0 Å². The van der Waals surface area contributed by atoms with Crippen LogP contribution in [0.3, 0.4) is 0 Å². The van der Waals surface area contributed by atoms with Crippen molar-refractivity contribution in [1.29, 1.82) is 0 Å². The number of hydrogen-bond acceptors (Lipinski definition) is 1. The molecule has 2 nitrogen and oxygen atoms in total. The molecule has 3 rings (SSSR count). The van der Waals surface area contributed by atoms with E-state index in [0.29, 0.717) is 0 Å². The van der Waals surface area contributed by atoms with Gasteiger partial charge in [-0.05, 0) is 23.3 Å². The van der Waals surface area contributed by atoms with Crippen molar-refractivity contribution in [2.24, 2.45) is 0 Å². The van der Waals surface area contributed by atoms with E-state index in [1.807, 2.05) is 36.4 Å². The van der Waals surface area contributed by atoms with E-state index in [1.165, 1.54) is 5.56 Å². The summed E-state index contributed by atoms with van der Waals surface area (Å²) in [5.41, 5.74) is 3.46. The van der Waals surface area contributed by atoms with Crippen molar-refractivity contribution >= 4 is 12.2 Å². The summed E-state index contributed by atoms with van der Waals surface area (Å²) in [6.07, 6.45) is 2.07. The molecule has 1 heterocycles. The van der Waals surface area contributed by atoms with Crippen LogP contribution >= 0.6 is 12.2 Å². The number of aromatic nitrogens is 2. The van der Waals surface area contributed by atoms with Crippen LogP contribution in [0.25, 0.3) is 11.3 Å². The lowest BCUT2D eigenvalue weighted by Gasteiger charge is -2.01. The second-order valence-electron chi connectivity index (χ2n) is 4.45. The Morgan fingerprint density at radius 3 is 2.21 bits per heavy atom. The lowest BCUT2D eigenvalue weighted by atomic mass is 10.2. The number of nitrogens with zero attached hydrogens (tertiary/aromatic N) is 1. The standard InChI is InChI=1S/C16H14N2S/c19-16-17-15(14-9-5-2-6-10-14)12-18(16)11-13-7-3-1-4-8-13/h1-10,12H,11H2,(H,17,19). The minimum atomic E-state index is 0.753. The Morgan fingerprint density at radius 1 is 0.895 bits per heavy atom. The summed E-state index contributed by atoms with van der Waals surface area (Å²) in [7, 11) is 0. The third-order valence-corrected chi connectivity index (χ3v) is 3.40. The number of benzene rings is 2. The molecule has 19 heavy (non-hydrogen) atoms. The third-order valence-electron chi connectivity index (χ3n) is 3.07. The number of aromatic amines is 1. The molecule has 94 valence electrons. The molecule has 3 aromatic rings. The molecule has 0 unspecified atom stereocenters. The van der Waals surface area contributed by atoms with Gasteiger partial charge >= 0.3 is 0 Å². The van der Waals surface area contributed by atoms with Crippen LogP contribution in [0.15, 0.2) is 66.9 Å². The zero-order valence-electron chi connectivity index (χ0n) is 10.4. The van der Waals surface area contributed by atoms with E-state index in [0.717, 1.165) is 22.6 Å². The Morgan fingerprint density at radius 2 is 1.53 bits per heavy atom. The number of nitrogens with one attached hydrogen (secondary N) is 1. The molecule has 0 radical (unpaired) electrons. The van der Waals surface area contributed by atoms with Gasteiger partial charge in [-0.15, -0.1) is 0 Å². The summed E-state index contributed by atoms with van der Waals surface area (Å²) < 4.78 is 2.82. The first-order chi connectivity index (χ1) is 9.33. The molecular formula is C16H14N2S. The second-order valence-corrected chi connectivity index (χ2v) is 4.84. The van der Waals surface area contributed by atoms with Crippen LogP contribution < -0.4 is 0 Å². The van der Waals surface area contributed by atoms with E-state index < -0.39 is 0 Å². The molecular weight excluding hydrogens is 252 g/mol. The molecule has 0 spiro atoms. The molecule has 0 atom stereocenters. The molecule has 2 aromatic carbocycles. The third kappa shape index (κ3) is 2.66. The first-order valence-corrected chi connectivity index (χ1v) is 6.62. The Hall–Kier alpha value is -2.13. The maximum atomic E-state index is 5.38. The van der Waals surface area contributed by atoms with Crippen LogP contribution in [0.1, 0.15) is 5.56 Å². The molecule has 0 fully saturated rings. The zero-order chi connectivity index (χ0) is 13.1. The average Bonchev–Trinajstić information content (AvgIpc) is 2.82. The molecule has 1 N–H and O–H groups in total. The van der Waals surface area contributed by atoms with Crippen LogP contribution in [0, 0.1) is 4.77 Å². The number of hydrogen-bond donors (Lipinski definition) is 1. The van der Waals surface area contributed by atoms with E-state index >= 15 is 0 Å². The van der Waals surface area contributed by atoms with Gasteiger partial charge in [0.1, 0.15) is 0 Å². The molecule has 0 amide bonds. The minimum Gasteiger partial charge on any atom is -0.331 e. The lowest BCUT2D eigenvalue weighted by molar-refractivity contribution is 0.784. The van der Waals surface area contributed by atoms with Crippen molar-refractivity contribution in [3.05, 3.63) is 77.2 Å². The summed E-state index contributed by atoms with van der Waals surface area (Å²) in [5.74, 6) is 0. The van der Waals surface area contributed by atoms with Crippen LogP contribution in [0.2, 0.25) is 0 Å². The predicted octanol–water partition coefficient (Wildman–Crippen LogP) is 4.26. The SMILES string of the molecule is S=c1[nH]c(-c2ccccc2)cn1Cc1ccccc1. The molecule has 0 saturated heterocycles. The molecule has 0 aliphatic heterocycles. The van der Waals surface area contributed by atoms with Gasteiger partial charge in [0.2, 0.25) is 0 Å². The van der Waals surface area contributed by atoms with Gasteiger partial charge in [0.25, 0.3) is 0 Å². The molecule has 0 aliphatic rings. The number of rotatable bonds is 3. The largest absolute Gasteiger partial charge is 0.331 e. The maximum absolute atomic E-state index is 5.38. The zero-order valence-corrected chi connectivity index (χ0v) is 11.2. The highest BCUT2D eigenvalue weighted by molar-refractivity contribution is 7.71. The van der Waals surface area contributed by atoms with E-state index in [1.54, 1.807) is 0 Å². The second kappa shape index (κ2) is 5.24. The quantitative estimate of drug-likeness (QED) is 0.702. The lowest BCUT2D eigenvalue weighted by Crippen LogP contribution is -1.97. The minimum absolute atomic E-state index is 0.753. The van der Waals surface area contributed by atoms with E-state index in [2.05, 4.69) is 40.0 Å². The van der Waals surface area contributed by atoms with E-state index in [-0.39, 0.29) is 0 Å². The normalized spacial score (nSPS) is 10.5. The van der Waals surface area contributed by atoms with Crippen molar-refractivity contribution < 1.29 is 0 Å². The molecule has 0 aliphatic carbocycles.